The maximum atomic E-state index is 5.49. The van der Waals surface area contributed by atoms with Crippen LogP contribution in [0.4, 0.5) is 0 Å². The van der Waals surface area contributed by atoms with Crippen LogP contribution in [0.2, 0.25) is 0 Å². The number of aromatic nitrogens is 4. The lowest BCUT2D eigenvalue weighted by Gasteiger charge is -2.21. The first-order chi connectivity index (χ1) is 23.1. The molecule has 0 bridgehead atoms. The fourth-order valence-corrected chi connectivity index (χ4v) is 8.02. The Bertz CT molecular complexity index is 2700. The molecule has 4 heteroatoms. The van der Waals surface area contributed by atoms with Crippen LogP contribution in [-0.2, 0) is 5.41 Å². The fourth-order valence-electron chi connectivity index (χ4n) is 8.02. The lowest BCUT2D eigenvalue weighted by molar-refractivity contribution is 0.632. The summed E-state index contributed by atoms with van der Waals surface area (Å²) in [6, 6.07) is 51.9. The van der Waals surface area contributed by atoms with Crippen LogP contribution >= 0.6 is 0 Å². The molecule has 0 atom stereocenters. The summed E-state index contributed by atoms with van der Waals surface area (Å²) >= 11 is 0. The third-order valence-electron chi connectivity index (χ3n) is 10.1. The van der Waals surface area contributed by atoms with Crippen molar-refractivity contribution in [1.82, 2.24) is 19.1 Å². The summed E-state index contributed by atoms with van der Waals surface area (Å²) in [6.07, 6.45) is 0. The van der Waals surface area contributed by atoms with Gasteiger partial charge in [0.2, 0.25) is 5.95 Å². The lowest BCUT2D eigenvalue weighted by atomic mass is 9.85. The van der Waals surface area contributed by atoms with E-state index in [1.807, 2.05) is 0 Å². The second-order valence-corrected chi connectivity index (χ2v) is 13.0. The first-order valence-corrected chi connectivity index (χ1v) is 16.2. The Balaban J connectivity index is 1.35. The van der Waals surface area contributed by atoms with Gasteiger partial charge in [-0.3, -0.25) is 4.57 Å². The van der Waals surface area contributed by atoms with Gasteiger partial charge in [0.1, 0.15) is 0 Å². The molecule has 0 radical (unpaired) electrons. The monoisotopic (exact) mass is 602 g/mol. The zero-order chi connectivity index (χ0) is 31.3. The molecule has 4 nitrogen and oxygen atoms in total. The minimum atomic E-state index is -0.276. The predicted molar refractivity (Wildman–Crippen MR) is 194 cm³/mol. The van der Waals surface area contributed by atoms with E-state index in [0.29, 0.717) is 5.95 Å². The van der Waals surface area contributed by atoms with Crippen molar-refractivity contribution in [2.75, 3.05) is 0 Å². The summed E-state index contributed by atoms with van der Waals surface area (Å²) in [5, 5.41) is 4.89. The number of benzene rings is 6. The maximum Gasteiger partial charge on any atom is 0.235 e. The molecule has 1 aliphatic carbocycles. The summed E-state index contributed by atoms with van der Waals surface area (Å²) in [5.74, 6) is 0.695. The molecule has 0 spiro atoms. The highest BCUT2D eigenvalue weighted by molar-refractivity contribution is 6.28. The van der Waals surface area contributed by atoms with E-state index in [0.717, 1.165) is 39.2 Å². The van der Waals surface area contributed by atoms with Crippen molar-refractivity contribution in [2.24, 2.45) is 0 Å². The molecule has 1 aliphatic rings. The molecule has 0 saturated heterocycles. The van der Waals surface area contributed by atoms with Crippen LogP contribution < -0.4 is 0 Å². The van der Waals surface area contributed by atoms with E-state index in [2.05, 4.69) is 169 Å². The zero-order valence-electron chi connectivity index (χ0n) is 26.1. The average Bonchev–Trinajstić information content (AvgIpc) is 3.72. The standard InChI is InChI=1S/C43H30N4/c1-43(2)32-22-12-9-19-29(32)39-40(27-15-5-3-6-16-27)44-42(45-41(39)43)47-34-24-14-11-21-31(34)38-36(47)26-25-35-37(38)30-20-10-13-23-33(30)46(35)28-17-7-4-8-18-28/h3-26H,1-2H3. The maximum absolute atomic E-state index is 5.49. The Morgan fingerprint density at radius 2 is 1.04 bits per heavy atom. The molecule has 3 aromatic heterocycles. The highest BCUT2D eigenvalue weighted by Gasteiger charge is 2.40. The van der Waals surface area contributed by atoms with Crippen molar-refractivity contribution in [2.45, 2.75) is 19.3 Å². The molecule has 0 N–H and O–H groups in total. The van der Waals surface area contributed by atoms with Gasteiger partial charge in [-0.05, 0) is 47.5 Å². The van der Waals surface area contributed by atoms with Crippen LogP contribution in [0.25, 0.3) is 77.6 Å². The summed E-state index contributed by atoms with van der Waals surface area (Å²) in [6.45, 7) is 4.58. The van der Waals surface area contributed by atoms with Gasteiger partial charge < -0.3 is 4.57 Å². The van der Waals surface area contributed by atoms with Crippen LogP contribution in [0.1, 0.15) is 25.1 Å². The smallest absolute Gasteiger partial charge is 0.235 e. The van der Waals surface area contributed by atoms with Gasteiger partial charge in [0.05, 0.1) is 33.5 Å². The quantitative estimate of drug-likeness (QED) is 0.202. The topological polar surface area (TPSA) is 35.6 Å². The summed E-state index contributed by atoms with van der Waals surface area (Å²) in [5.41, 5.74) is 12.2. The number of fused-ring (bicyclic) bond motifs is 10. The van der Waals surface area contributed by atoms with Gasteiger partial charge in [-0.1, -0.05) is 123 Å². The first kappa shape index (κ1) is 26.2. The van der Waals surface area contributed by atoms with E-state index in [-0.39, 0.29) is 5.41 Å². The molecule has 3 heterocycles. The first-order valence-electron chi connectivity index (χ1n) is 16.2. The van der Waals surface area contributed by atoms with Gasteiger partial charge in [-0.2, -0.15) is 0 Å². The Morgan fingerprint density at radius 1 is 0.489 bits per heavy atom. The molecule has 47 heavy (non-hydrogen) atoms. The minimum Gasteiger partial charge on any atom is -0.309 e. The molecular weight excluding hydrogens is 573 g/mol. The summed E-state index contributed by atoms with van der Waals surface area (Å²) in [4.78, 5) is 11.0. The molecule has 0 fully saturated rings. The summed E-state index contributed by atoms with van der Waals surface area (Å²) in [7, 11) is 0. The number of nitrogens with zero attached hydrogens (tertiary/aromatic N) is 4. The van der Waals surface area contributed by atoms with Gasteiger partial charge in [-0.25, -0.2) is 9.97 Å². The number of hydrogen-bond donors (Lipinski definition) is 0. The van der Waals surface area contributed by atoms with E-state index < -0.39 is 0 Å². The highest BCUT2D eigenvalue weighted by atomic mass is 15.2. The van der Waals surface area contributed by atoms with Gasteiger partial charge in [0, 0.05) is 43.8 Å². The lowest BCUT2D eigenvalue weighted by Crippen LogP contribution is -2.18. The van der Waals surface area contributed by atoms with E-state index in [4.69, 9.17) is 9.97 Å². The predicted octanol–water partition coefficient (Wildman–Crippen LogP) is 10.6. The molecule has 10 rings (SSSR count). The molecule has 0 unspecified atom stereocenters. The van der Waals surface area contributed by atoms with Crippen LogP contribution in [0, 0.1) is 0 Å². The third-order valence-corrected chi connectivity index (χ3v) is 10.1. The van der Waals surface area contributed by atoms with Gasteiger partial charge in [-0.15, -0.1) is 0 Å². The number of hydrogen-bond acceptors (Lipinski definition) is 2. The van der Waals surface area contributed by atoms with Crippen molar-refractivity contribution in [3.05, 3.63) is 157 Å². The Labute approximate surface area is 272 Å². The molecular formula is C43H30N4. The molecule has 0 aliphatic heterocycles. The average molecular weight is 603 g/mol. The molecule has 0 saturated carbocycles. The molecule has 0 amide bonds. The van der Waals surface area contributed by atoms with E-state index >= 15 is 0 Å². The SMILES string of the molecule is CC1(C)c2ccccc2-c2c(-c3ccccc3)nc(-n3c4ccccc4c4c5c6ccccc6n(-c6ccccc6)c5ccc43)nc21. The molecule has 222 valence electrons. The van der Waals surface area contributed by atoms with Crippen LogP contribution in [0.15, 0.2) is 146 Å². The Morgan fingerprint density at radius 3 is 1.74 bits per heavy atom. The second-order valence-electron chi connectivity index (χ2n) is 13.0. The van der Waals surface area contributed by atoms with Crippen molar-refractivity contribution < 1.29 is 0 Å². The fraction of sp³-hybridized carbons (Fsp3) is 0.0698. The number of rotatable bonds is 3. The summed E-state index contributed by atoms with van der Waals surface area (Å²) < 4.78 is 4.67. The normalized spacial score (nSPS) is 13.5. The van der Waals surface area contributed by atoms with Crippen LogP contribution in [0.3, 0.4) is 0 Å². The van der Waals surface area contributed by atoms with Gasteiger partial charge in [0.15, 0.2) is 0 Å². The third kappa shape index (κ3) is 3.53. The van der Waals surface area contributed by atoms with E-state index in [9.17, 15) is 0 Å². The minimum absolute atomic E-state index is 0.276. The Hall–Kier alpha value is -6.00. The van der Waals surface area contributed by atoms with Gasteiger partial charge in [0.25, 0.3) is 0 Å². The van der Waals surface area contributed by atoms with E-state index in [1.165, 1.54) is 43.7 Å². The Kier molecular flexibility index (Phi) is 5.31. The van der Waals surface area contributed by atoms with Gasteiger partial charge >= 0.3 is 0 Å². The second kappa shape index (κ2) is 9.51. The van der Waals surface area contributed by atoms with Crippen LogP contribution in [0.5, 0.6) is 0 Å². The molecule has 6 aromatic carbocycles. The highest BCUT2D eigenvalue weighted by Crippen LogP contribution is 2.51. The van der Waals surface area contributed by atoms with Crippen molar-refractivity contribution >= 4 is 43.6 Å². The zero-order valence-corrected chi connectivity index (χ0v) is 26.1. The number of para-hydroxylation sites is 3. The van der Waals surface area contributed by atoms with E-state index in [1.54, 1.807) is 0 Å². The van der Waals surface area contributed by atoms with Crippen molar-refractivity contribution in [1.29, 1.82) is 0 Å². The van der Waals surface area contributed by atoms with Crippen LogP contribution in [-0.4, -0.2) is 19.1 Å². The van der Waals surface area contributed by atoms with Crippen molar-refractivity contribution in [3.63, 3.8) is 0 Å². The molecule has 9 aromatic rings. The van der Waals surface area contributed by atoms with Crippen molar-refractivity contribution in [3.8, 4) is 34.0 Å². The largest absolute Gasteiger partial charge is 0.309 e.